The Bertz CT molecular complexity index is 733. The molecule has 1 N–H and O–H groups in total. The van der Waals surface area contributed by atoms with E-state index in [0.717, 1.165) is 11.1 Å². The predicted molar refractivity (Wildman–Crippen MR) is 93.3 cm³/mol. The number of hydrogen-bond acceptors (Lipinski definition) is 2. The summed E-state index contributed by atoms with van der Waals surface area (Å²) >= 11 is 5.94. The Balaban J connectivity index is 1.54. The number of rotatable bonds is 5. The van der Waals surface area contributed by atoms with Crippen molar-refractivity contribution in [2.75, 3.05) is 6.54 Å². The van der Waals surface area contributed by atoms with Gasteiger partial charge in [-0.1, -0.05) is 54.1 Å². The van der Waals surface area contributed by atoms with Gasteiger partial charge in [0.1, 0.15) is 0 Å². The summed E-state index contributed by atoms with van der Waals surface area (Å²) in [7, 11) is 0. The second kappa shape index (κ2) is 7.49. The third kappa shape index (κ3) is 4.15. The number of nitrogens with zero attached hydrogens (tertiary/aromatic N) is 1. The number of carbonyl (C=O) groups is 2. The fraction of sp³-hybridized carbons (Fsp3) is 0.263. The van der Waals surface area contributed by atoms with E-state index in [0.29, 0.717) is 24.7 Å². The first-order chi connectivity index (χ1) is 11.6. The van der Waals surface area contributed by atoms with E-state index in [-0.39, 0.29) is 24.2 Å². The highest BCUT2D eigenvalue weighted by Crippen LogP contribution is 2.20. The molecule has 1 aliphatic rings. The minimum Gasteiger partial charge on any atom is -0.352 e. The maximum absolute atomic E-state index is 12.3. The molecule has 0 aromatic heterocycles. The second-order valence-electron chi connectivity index (χ2n) is 6.01. The number of hydrogen-bond donors (Lipinski definition) is 1. The van der Waals surface area contributed by atoms with Gasteiger partial charge < -0.3 is 10.2 Å². The molecule has 0 bridgehead atoms. The van der Waals surface area contributed by atoms with Gasteiger partial charge in [-0.25, -0.2) is 0 Å². The molecule has 24 heavy (non-hydrogen) atoms. The summed E-state index contributed by atoms with van der Waals surface area (Å²) in [6, 6.07) is 17.2. The lowest BCUT2D eigenvalue weighted by Crippen LogP contribution is -2.32. The van der Waals surface area contributed by atoms with E-state index in [1.165, 1.54) is 0 Å². The van der Waals surface area contributed by atoms with E-state index in [9.17, 15) is 9.59 Å². The summed E-state index contributed by atoms with van der Waals surface area (Å²) < 4.78 is 0. The largest absolute Gasteiger partial charge is 0.352 e. The van der Waals surface area contributed by atoms with Crippen LogP contribution >= 0.6 is 11.6 Å². The lowest BCUT2D eigenvalue weighted by Gasteiger charge is -2.16. The van der Waals surface area contributed by atoms with E-state index in [1.807, 2.05) is 48.5 Å². The van der Waals surface area contributed by atoms with Crippen molar-refractivity contribution in [3.05, 3.63) is 70.7 Å². The highest BCUT2D eigenvalue weighted by molar-refractivity contribution is 6.30. The molecule has 2 amide bonds. The van der Waals surface area contributed by atoms with Gasteiger partial charge in [0, 0.05) is 31.1 Å². The number of likely N-dealkylation sites (tertiary alicyclic amines) is 1. The van der Waals surface area contributed by atoms with E-state index in [4.69, 9.17) is 11.6 Å². The maximum Gasteiger partial charge on any atom is 0.225 e. The lowest BCUT2D eigenvalue weighted by molar-refractivity contribution is -0.129. The zero-order valence-corrected chi connectivity index (χ0v) is 14.0. The Hall–Kier alpha value is -2.33. The lowest BCUT2D eigenvalue weighted by atomic mass is 10.1. The first-order valence-electron chi connectivity index (χ1n) is 7.95. The van der Waals surface area contributed by atoms with Gasteiger partial charge in [-0.2, -0.15) is 0 Å². The molecule has 2 aromatic carbocycles. The number of amides is 2. The van der Waals surface area contributed by atoms with Crippen molar-refractivity contribution in [1.29, 1.82) is 0 Å². The van der Waals surface area contributed by atoms with Gasteiger partial charge in [0.2, 0.25) is 11.8 Å². The predicted octanol–water partition coefficient (Wildman–Crippen LogP) is 3.00. The Morgan fingerprint density at radius 1 is 1.12 bits per heavy atom. The first kappa shape index (κ1) is 16.5. The third-order valence-electron chi connectivity index (χ3n) is 4.16. The van der Waals surface area contributed by atoms with Gasteiger partial charge in [0.25, 0.3) is 0 Å². The molecule has 1 aliphatic heterocycles. The molecule has 0 unspecified atom stereocenters. The SMILES string of the molecule is O=C(NCc1cccc(Cl)c1)[C@@H]1CC(=O)N(Cc2ccccc2)C1. The van der Waals surface area contributed by atoms with Crippen LogP contribution < -0.4 is 5.32 Å². The van der Waals surface area contributed by atoms with Crippen LogP contribution in [0.25, 0.3) is 0 Å². The number of nitrogens with one attached hydrogen (secondary N) is 1. The normalized spacial score (nSPS) is 17.1. The van der Waals surface area contributed by atoms with Crippen LogP contribution in [0.15, 0.2) is 54.6 Å². The number of carbonyl (C=O) groups excluding carboxylic acids is 2. The second-order valence-corrected chi connectivity index (χ2v) is 6.45. The Morgan fingerprint density at radius 3 is 2.62 bits per heavy atom. The van der Waals surface area contributed by atoms with Crippen molar-refractivity contribution in [3.8, 4) is 0 Å². The summed E-state index contributed by atoms with van der Waals surface area (Å²) in [4.78, 5) is 26.2. The third-order valence-corrected chi connectivity index (χ3v) is 4.39. The van der Waals surface area contributed by atoms with E-state index >= 15 is 0 Å². The Kier molecular flexibility index (Phi) is 5.16. The molecule has 3 rings (SSSR count). The van der Waals surface area contributed by atoms with Crippen molar-refractivity contribution in [2.24, 2.45) is 5.92 Å². The molecule has 0 aliphatic carbocycles. The molecular formula is C19H19ClN2O2. The van der Waals surface area contributed by atoms with Crippen LogP contribution in [0.3, 0.4) is 0 Å². The average Bonchev–Trinajstić information content (AvgIpc) is 2.95. The van der Waals surface area contributed by atoms with Gasteiger partial charge in [0.05, 0.1) is 5.92 Å². The van der Waals surface area contributed by atoms with Crippen molar-refractivity contribution in [1.82, 2.24) is 10.2 Å². The van der Waals surface area contributed by atoms with Gasteiger partial charge >= 0.3 is 0 Å². The molecule has 1 heterocycles. The molecule has 124 valence electrons. The molecule has 4 nitrogen and oxygen atoms in total. The van der Waals surface area contributed by atoms with Gasteiger partial charge in [-0.3, -0.25) is 9.59 Å². The number of benzene rings is 2. The number of halogens is 1. The summed E-state index contributed by atoms with van der Waals surface area (Å²) in [6.07, 6.45) is 0.272. The minimum atomic E-state index is -0.291. The summed E-state index contributed by atoms with van der Waals surface area (Å²) in [5.74, 6) is -0.346. The maximum atomic E-state index is 12.3. The fourth-order valence-electron chi connectivity index (χ4n) is 2.88. The molecule has 0 radical (unpaired) electrons. The van der Waals surface area contributed by atoms with Crippen LogP contribution in [0.1, 0.15) is 17.5 Å². The topological polar surface area (TPSA) is 49.4 Å². The van der Waals surface area contributed by atoms with Gasteiger partial charge in [0.15, 0.2) is 0 Å². The van der Waals surface area contributed by atoms with Crippen LogP contribution in [0, 0.1) is 5.92 Å². The van der Waals surface area contributed by atoms with E-state index in [1.54, 1.807) is 11.0 Å². The molecule has 2 aromatic rings. The smallest absolute Gasteiger partial charge is 0.225 e. The molecule has 0 saturated carbocycles. The molecule has 5 heteroatoms. The zero-order chi connectivity index (χ0) is 16.9. The monoisotopic (exact) mass is 342 g/mol. The first-order valence-corrected chi connectivity index (χ1v) is 8.33. The molecule has 1 atom stereocenters. The quantitative estimate of drug-likeness (QED) is 0.908. The van der Waals surface area contributed by atoms with Crippen molar-refractivity contribution in [2.45, 2.75) is 19.5 Å². The van der Waals surface area contributed by atoms with E-state index < -0.39 is 0 Å². The molecular weight excluding hydrogens is 324 g/mol. The van der Waals surface area contributed by atoms with Gasteiger partial charge in [-0.05, 0) is 23.3 Å². The zero-order valence-electron chi connectivity index (χ0n) is 13.2. The summed E-state index contributed by atoms with van der Waals surface area (Å²) in [5, 5.41) is 3.54. The molecule has 0 spiro atoms. The summed E-state index contributed by atoms with van der Waals surface area (Å²) in [5.41, 5.74) is 2.02. The van der Waals surface area contributed by atoms with Crippen molar-refractivity contribution in [3.63, 3.8) is 0 Å². The van der Waals surface area contributed by atoms with Crippen LogP contribution in [0.4, 0.5) is 0 Å². The van der Waals surface area contributed by atoms with Crippen LogP contribution in [0.5, 0.6) is 0 Å². The van der Waals surface area contributed by atoms with Crippen LogP contribution in [0.2, 0.25) is 5.02 Å². The van der Waals surface area contributed by atoms with Crippen LogP contribution in [-0.4, -0.2) is 23.3 Å². The molecule has 1 fully saturated rings. The molecule has 1 saturated heterocycles. The van der Waals surface area contributed by atoms with Crippen LogP contribution in [-0.2, 0) is 22.7 Å². The standard InChI is InChI=1S/C19H19ClN2O2/c20-17-8-4-7-15(9-17)11-21-19(24)16-10-18(23)22(13-16)12-14-5-2-1-3-6-14/h1-9,16H,10-13H2,(H,21,24)/t16-/m1/s1. The van der Waals surface area contributed by atoms with Crippen molar-refractivity contribution < 1.29 is 9.59 Å². The summed E-state index contributed by atoms with van der Waals surface area (Å²) in [6.45, 7) is 1.44. The fourth-order valence-corrected chi connectivity index (χ4v) is 3.10. The Morgan fingerprint density at radius 2 is 1.88 bits per heavy atom. The van der Waals surface area contributed by atoms with Gasteiger partial charge in [-0.15, -0.1) is 0 Å². The van der Waals surface area contributed by atoms with E-state index in [2.05, 4.69) is 5.32 Å². The average molecular weight is 343 g/mol. The highest BCUT2D eigenvalue weighted by Gasteiger charge is 2.33. The Labute approximate surface area is 146 Å². The van der Waals surface area contributed by atoms with Crippen molar-refractivity contribution >= 4 is 23.4 Å². The minimum absolute atomic E-state index is 0.0294. The highest BCUT2D eigenvalue weighted by atomic mass is 35.5.